The molecule has 2 aromatic rings. The Bertz CT molecular complexity index is 588. The first-order chi connectivity index (χ1) is 9.04. The highest BCUT2D eigenvalue weighted by Crippen LogP contribution is 2.31. The lowest BCUT2D eigenvalue weighted by Gasteiger charge is -2.16. The fraction of sp³-hybridized carbons (Fsp3) is 0.467. The molecular weight excluding hydrogens is 236 g/mol. The summed E-state index contributed by atoms with van der Waals surface area (Å²) in [4.78, 5) is 0. The average molecular weight is 258 g/mol. The third kappa shape index (κ3) is 2.55. The standard InChI is InChI=1S/C15H20N4.H2/c1-10(2)14-12(7-16)8-19(15(14)11(3)4)9-13-5-6-17-18-13;/h5-6,8,10-11H,9H2,1-4H3,(H,17,18);1H. The molecule has 0 bridgehead atoms. The number of nitrogens with one attached hydrogen (secondary N) is 1. The number of hydrogen-bond donors (Lipinski definition) is 1. The van der Waals surface area contributed by atoms with Crippen molar-refractivity contribution in [2.45, 2.75) is 46.1 Å². The number of nitrogens with zero attached hydrogens (tertiary/aromatic N) is 3. The van der Waals surface area contributed by atoms with Crippen LogP contribution in [0.25, 0.3) is 0 Å². The zero-order valence-corrected chi connectivity index (χ0v) is 11.9. The van der Waals surface area contributed by atoms with Crippen molar-refractivity contribution in [2.75, 3.05) is 0 Å². The summed E-state index contributed by atoms with van der Waals surface area (Å²) in [6, 6.07) is 4.29. The van der Waals surface area contributed by atoms with Gasteiger partial charge in [-0.25, -0.2) is 0 Å². The minimum atomic E-state index is 0. The Morgan fingerprint density at radius 1 is 1.37 bits per heavy atom. The molecule has 0 saturated carbocycles. The van der Waals surface area contributed by atoms with Gasteiger partial charge in [0.2, 0.25) is 0 Å². The van der Waals surface area contributed by atoms with Crippen LogP contribution in [0.4, 0.5) is 0 Å². The van der Waals surface area contributed by atoms with E-state index in [1.54, 1.807) is 6.20 Å². The van der Waals surface area contributed by atoms with E-state index in [9.17, 15) is 5.26 Å². The number of aromatic nitrogens is 3. The van der Waals surface area contributed by atoms with Crippen LogP contribution in [0, 0.1) is 11.3 Å². The van der Waals surface area contributed by atoms with Crippen molar-refractivity contribution < 1.29 is 1.43 Å². The molecule has 0 spiro atoms. The third-order valence-electron chi connectivity index (χ3n) is 3.30. The minimum Gasteiger partial charge on any atom is -0.344 e. The fourth-order valence-corrected chi connectivity index (χ4v) is 2.61. The van der Waals surface area contributed by atoms with Crippen LogP contribution in [0.1, 0.15) is 63.5 Å². The molecular formula is C15H22N4. The van der Waals surface area contributed by atoms with Crippen LogP contribution >= 0.6 is 0 Å². The van der Waals surface area contributed by atoms with Gasteiger partial charge in [0.25, 0.3) is 0 Å². The summed E-state index contributed by atoms with van der Waals surface area (Å²) in [6.07, 6.45) is 3.72. The Labute approximate surface area is 115 Å². The maximum Gasteiger partial charge on any atom is 0.101 e. The monoisotopic (exact) mass is 258 g/mol. The van der Waals surface area contributed by atoms with Crippen molar-refractivity contribution in [1.82, 2.24) is 14.8 Å². The Morgan fingerprint density at radius 2 is 2.11 bits per heavy atom. The maximum atomic E-state index is 9.33. The lowest BCUT2D eigenvalue weighted by Crippen LogP contribution is -2.07. The Morgan fingerprint density at radius 3 is 2.58 bits per heavy atom. The molecule has 19 heavy (non-hydrogen) atoms. The van der Waals surface area contributed by atoms with Gasteiger partial charge in [-0.05, 0) is 23.5 Å². The van der Waals surface area contributed by atoms with Crippen LogP contribution in [0.15, 0.2) is 18.5 Å². The second-order valence-corrected chi connectivity index (χ2v) is 5.47. The molecule has 0 atom stereocenters. The van der Waals surface area contributed by atoms with Gasteiger partial charge in [-0.1, -0.05) is 27.7 Å². The third-order valence-corrected chi connectivity index (χ3v) is 3.30. The largest absolute Gasteiger partial charge is 0.344 e. The van der Waals surface area contributed by atoms with Crippen molar-refractivity contribution in [3.05, 3.63) is 41.0 Å². The highest BCUT2D eigenvalue weighted by atomic mass is 15.1. The summed E-state index contributed by atoms with van der Waals surface area (Å²) < 4.78 is 2.17. The van der Waals surface area contributed by atoms with E-state index < -0.39 is 0 Å². The quantitative estimate of drug-likeness (QED) is 0.910. The van der Waals surface area contributed by atoms with Crippen molar-refractivity contribution in [3.63, 3.8) is 0 Å². The van der Waals surface area contributed by atoms with Crippen LogP contribution in [0.2, 0.25) is 0 Å². The summed E-state index contributed by atoms with van der Waals surface area (Å²) in [7, 11) is 0. The molecule has 2 heterocycles. The zero-order valence-electron chi connectivity index (χ0n) is 11.9. The molecule has 102 valence electrons. The lowest BCUT2D eigenvalue weighted by atomic mass is 9.94. The Hall–Kier alpha value is -2.02. The highest BCUT2D eigenvalue weighted by molar-refractivity contribution is 5.44. The van der Waals surface area contributed by atoms with Gasteiger partial charge in [-0.2, -0.15) is 10.4 Å². The number of nitriles is 1. The first-order valence-corrected chi connectivity index (χ1v) is 6.65. The molecule has 0 aliphatic rings. The molecule has 4 heteroatoms. The van der Waals surface area contributed by atoms with Gasteiger partial charge < -0.3 is 4.57 Å². The van der Waals surface area contributed by atoms with Gasteiger partial charge in [-0.3, -0.25) is 5.10 Å². The number of H-pyrrole nitrogens is 1. The normalized spacial score (nSPS) is 11.2. The second kappa shape index (κ2) is 5.31. The summed E-state index contributed by atoms with van der Waals surface area (Å²) in [6.45, 7) is 9.36. The highest BCUT2D eigenvalue weighted by Gasteiger charge is 2.20. The average Bonchev–Trinajstić information content (AvgIpc) is 2.96. The van der Waals surface area contributed by atoms with Crippen molar-refractivity contribution in [2.24, 2.45) is 0 Å². The van der Waals surface area contributed by atoms with Gasteiger partial charge >= 0.3 is 0 Å². The summed E-state index contributed by atoms with van der Waals surface area (Å²) in [5, 5.41) is 16.3. The molecule has 0 fully saturated rings. The van der Waals surface area contributed by atoms with E-state index in [2.05, 4.69) is 48.5 Å². The van der Waals surface area contributed by atoms with Crippen LogP contribution in [0.3, 0.4) is 0 Å². The summed E-state index contributed by atoms with van der Waals surface area (Å²) in [5.74, 6) is 0.748. The lowest BCUT2D eigenvalue weighted by molar-refractivity contribution is 0.663. The van der Waals surface area contributed by atoms with Crippen molar-refractivity contribution >= 4 is 0 Å². The molecule has 4 nitrogen and oxygen atoms in total. The summed E-state index contributed by atoms with van der Waals surface area (Å²) >= 11 is 0. The molecule has 0 amide bonds. The number of hydrogen-bond acceptors (Lipinski definition) is 2. The molecule has 2 rings (SSSR count). The van der Waals surface area contributed by atoms with Gasteiger partial charge in [0.05, 0.1) is 17.8 Å². The Kier molecular flexibility index (Phi) is 3.75. The minimum absolute atomic E-state index is 0. The van der Waals surface area contributed by atoms with Crippen LogP contribution in [-0.4, -0.2) is 14.8 Å². The smallest absolute Gasteiger partial charge is 0.101 e. The fourth-order valence-electron chi connectivity index (χ4n) is 2.61. The van der Waals surface area contributed by atoms with Gasteiger partial charge in [0.15, 0.2) is 0 Å². The SMILES string of the molecule is CC(C)c1c(C#N)cn(Cc2ccn[nH]2)c1C(C)C.[HH]. The second-order valence-electron chi connectivity index (χ2n) is 5.47. The van der Waals surface area contributed by atoms with E-state index in [0.717, 1.165) is 17.8 Å². The number of aromatic amines is 1. The predicted octanol–water partition coefficient (Wildman–Crippen LogP) is 3.62. The van der Waals surface area contributed by atoms with Crippen LogP contribution in [-0.2, 0) is 6.54 Å². The first-order valence-electron chi connectivity index (χ1n) is 6.65. The zero-order chi connectivity index (χ0) is 14.0. The van der Waals surface area contributed by atoms with Crippen LogP contribution < -0.4 is 0 Å². The van der Waals surface area contributed by atoms with Crippen LogP contribution in [0.5, 0.6) is 0 Å². The van der Waals surface area contributed by atoms with Crippen molar-refractivity contribution in [3.8, 4) is 6.07 Å². The first kappa shape index (κ1) is 13.4. The van der Waals surface area contributed by atoms with Gasteiger partial charge in [-0.15, -0.1) is 0 Å². The van der Waals surface area contributed by atoms with E-state index in [1.807, 2.05) is 12.3 Å². The summed E-state index contributed by atoms with van der Waals surface area (Å²) in [5.41, 5.74) is 4.27. The molecule has 0 aliphatic heterocycles. The van der Waals surface area contributed by atoms with Gasteiger partial charge in [0.1, 0.15) is 6.07 Å². The van der Waals surface area contributed by atoms with Gasteiger partial charge in [0, 0.05) is 19.5 Å². The molecule has 2 aromatic heterocycles. The van der Waals surface area contributed by atoms with E-state index in [1.165, 1.54) is 11.3 Å². The Balaban J connectivity index is 0.00000200. The van der Waals surface area contributed by atoms with Crippen molar-refractivity contribution in [1.29, 1.82) is 5.26 Å². The molecule has 1 N–H and O–H groups in total. The molecule has 0 saturated heterocycles. The maximum absolute atomic E-state index is 9.33. The van der Waals surface area contributed by atoms with E-state index >= 15 is 0 Å². The van der Waals surface area contributed by atoms with E-state index in [-0.39, 0.29) is 1.43 Å². The molecule has 0 unspecified atom stereocenters. The molecule has 0 aromatic carbocycles. The van der Waals surface area contributed by atoms with E-state index in [4.69, 9.17) is 0 Å². The van der Waals surface area contributed by atoms with E-state index in [0.29, 0.717) is 11.8 Å². The topological polar surface area (TPSA) is 57.4 Å². The molecule has 0 aliphatic carbocycles. The predicted molar refractivity (Wildman–Crippen MR) is 77.1 cm³/mol. The number of rotatable bonds is 4. The molecule has 0 radical (unpaired) electrons.